The minimum Gasteiger partial charge on any atom is -0.296 e. The molecule has 4 heteroatoms. The first-order chi connectivity index (χ1) is 5.40. The van der Waals surface area contributed by atoms with E-state index in [0.717, 1.165) is 29.0 Å². The molecule has 1 aromatic heterocycles. The van der Waals surface area contributed by atoms with Crippen LogP contribution in [0.1, 0.15) is 16.1 Å². The fourth-order valence-electron chi connectivity index (χ4n) is 1.05. The van der Waals surface area contributed by atoms with Gasteiger partial charge >= 0.3 is 0 Å². The van der Waals surface area contributed by atoms with Gasteiger partial charge in [0, 0.05) is 5.75 Å². The molecule has 0 aromatic carbocycles. The van der Waals surface area contributed by atoms with Crippen molar-refractivity contribution in [2.45, 2.75) is 11.4 Å². The Labute approximate surface area is 68.2 Å². The molecule has 0 saturated carbocycles. The topological polar surface area (TPSA) is 42.9 Å². The molecule has 2 rings (SSSR count). The number of nitrogens with zero attached hydrogens (tertiary/aromatic N) is 2. The van der Waals surface area contributed by atoms with E-state index >= 15 is 0 Å². The fourth-order valence-corrected chi connectivity index (χ4v) is 2.01. The van der Waals surface area contributed by atoms with Crippen LogP contribution in [0.25, 0.3) is 0 Å². The van der Waals surface area contributed by atoms with Crippen LogP contribution in [0.3, 0.4) is 0 Å². The third kappa shape index (κ3) is 1.14. The predicted octanol–water partition coefficient (Wildman–Crippen LogP) is 0.937. The second-order valence-electron chi connectivity index (χ2n) is 2.32. The Hall–Kier alpha value is -0.900. The Morgan fingerprint density at radius 2 is 2.45 bits per heavy atom. The molecule has 0 bridgehead atoms. The second-order valence-corrected chi connectivity index (χ2v) is 3.40. The molecule has 0 unspecified atom stereocenters. The molecule has 0 amide bonds. The van der Waals surface area contributed by atoms with Crippen molar-refractivity contribution in [3.8, 4) is 0 Å². The zero-order valence-corrected chi connectivity index (χ0v) is 6.60. The van der Waals surface area contributed by atoms with Crippen molar-refractivity contribution in [3.05, 3.63) is 17.3 Å². The molecule has 0 spiro atoms. The van der Waals surface area contributed by atoms with Crippen LogP contribution in [0.5, 0.6) is 0 Å². The van der Waals surface area contributed by atoms with Crippen molar-refractivity contribution in [1.29, 1.82) is 0 Å². The minimum absolute atomic E-state index is 0.436. The summed E-state index contributed by atoms with van der Waals surface area (Å²) in [5.74, 6) is 1.06. The lowest BCUT2D eigenvalue weighted by molar-refractivity contribution is 0.111. The Bertz CT molecular complexity index is 300. The number of hydrogen-bond donors (Lipinski definition) is 0. The van der Waals surface area contributed by atoms with E-state index in [2.05, 4.69) is 10.2 Å². The third-order valence-corrected chi connectivity index (χ3v) is 2.61. The largest absolute Gasteiger partial charge is 0.296 e. The Morgan fingerprint density at radius 3 is 3.27 bits per heavy atom. The van der Waals surface area contributed by atoms with E-state index in [-0.39, 0.29) is 0 Å². The van der Waals surface area contributed by atoms with E-state index in [0.29, 0.717) is 5.69 Å². The van der Waals surface area contributed by atoms with E-state index < -0.39 is 0 Å². The fraction of sp³-hybridized carbons (Fsp3) is 0.286. The lowest BCUT2D eigenvalue weighted by Gasteiger charge is -1.93. The lowest BCUT2D eigenvalue weighted by atomic mass is 10.2. The highest BCUT2D eigenvalue weighted by Crippen LogP contribution is 2.28. The monoisotopic (exact) mass is 166 g/mol. The van der Waals surface area contributed by atoms with E-state index in [1.54, 1.807) is 11.8 Å². The van der Waals surface area contributed by atoms with Crippen molar-refractivity contribution in [3.63, 3.8) is 0 Å². The summed E-state index contributed by atoms with van der Waals surface area (Å²) in [6.45, 7) is 0. The van der Waals surface area contributed by atoms with E-state index in [9.17, 15) is 4.79 Å². The number of aryl methyl sites for hydroxylation is 1. The smallest absolute Gasteiger partial charge is 0.170 e. The minimum atomic E-state index is 0.436. The van der Waals surface area contributed by atoms with Crippen LogP contribution in [0.4, 0.5) is 0 Å². The van der Waals surface area contributed by atoms with Crippen LogP contribution in [0, 0.1) is 0 Å². The van der Waals surface area contributed by atoms with Crippen molar-refractivity contribution in [2.24, 2.45) is 0 Å². The molecule has 1 aromatic rings. The lowest BCUT2D eigenvalue weighted by Crippen LogP contribution is -1.93. The molecule has 2 heterocycles. The maximum Gasteiger partial charge on any atom is 0.170 e. The molecule has 56 valence electrons. The molecule has 0 aliphatic carbocycles. The second kappa shape index (κ2) is 2.62. The zero-order valence-electron chi connectivity index (χ0n) is 5.78. The number of fused-ring (bicyclic) bond motifs is 1. The standard InChI is InChI=1S/C7H6N2OS/c10-4-6-3-5-1-2-11-7(5)9-8-6/h3-4H,1-2H2. The van der Waals surface area contributed by atoms with E-state index in [1.165, 1.54) is 0 Å². The molecule has 1 aliphatic heterocycles. The number of aldehydes is 1. The summed E-state index contributed by atoms with van der Waals surface area (Å²) in [6.07, 6.45) is 1.74. The van der Waals surface area contributed by atoms with Gasteiger partial charge in [-0.2, -0.15) is 0 Å². The van der Waals surface area contributed by atoms with E-state index in [1.807, 2.05) is 6.07 Å². The van der Waals surface area contributed by atoms with Gasteiger partial charge < -0.3 is 0 Å². The molecule has 3 nitrogen and oxygen atoms in total. The number of aromatic nitrogens is 2. The van der Waals surface area contributed by atoms with E-state index in [4.69, 9.17) is 0 Å². The van der Waals surface area contributed by atoms with Crippen molar-refractivity contribution < 1.29 is 4.79 Å². The first-order valence-corrected chi connectivity index (χ1v) is 4.33. The summed E-state index contributed by atoms with van der Waals surface area (Å²) in [5.41, 5.74) is 1.60. The van der Waals surface area contributed by atoms with Gasteiger partial charge in [-0.25, -0.2) is 0 Å². The zero-order chi connectivity index (χ0) is 7.68. The van der Waals surface area contributed by atoms with Gasteiger partial charge in [0.2, 0.25) is 0 Å². The van der Waals surface area contributed by atoms with Gasteiger partial charge in [-0.3, -0.25) is 4.79 Å². The number of carbonyl (C=O) groups excluding carboxylic acids is 1. The average molecular weight is 166 g/mol. The first-order valence-electron chi connectivity index (χ1n) is 3.35. The molecule has 1 aliphatic rings. The SMILES string of the molecule is O=Cc1cc2c(nn1)SCC2. The van der Waals surface area contributed by atoms with Gasteiger partial charge in [0.25, 0.3) is 0 Å². The van der Waals surface area contributed by atoms with Gasteiger partial charge in [0.1, 0.15) is 10.7 Å². The highest BCUT2D eigenvalue weighted by atomic mass is 32.2. The van der Waals surface area contributed by atoms with Crippen LogP contribution < -0.4 is 0 Å². The van der Waals surface area contributed by atoms with Crippen LogP contribution in [-0.2, 0) is 6.42 Å². The van der Waals surface area contributed by atoms with Crippen LogP contribution >= 0.6 is 11.8 Å². The summed E-state index contributed by atoms with van der Waals surface area (Å²) >= 11 is 1.70. The maximum absolute atomic E-state index is 10.3. The van der Waals surface area contributed by atoms with Gasteiger partial charge in [0.05, 0.1) is 0 Å². The maximum atomic E-state index is 10.3. The molecule has 0 atom stereocenters. The van der Waals surface area contributed by atoms with Crippen LogP contribution in [0.2, 0.25) is 0 Å². The quantitative estimate of drug-likeness (QED) is 0.582. The first kappa shape index (κ1) is 6.79. The van der Waals surface area contributed by atoms with Crippen molar-refractivity contribution in [1.82, 2.24) is 10.2 Å². The molecule has 0 fully saturated rings. The third-order valence-electron chi connectivity index (χ3n) is 1.58. The number of carbonyl (C=O) groups is 1. The number of thioether (sulfide) groups is 1. The Balaban J connectivity index is 2.48. The van der Waals surface area contributed by atoms with Gasteiger partial charge in [-0.05, 0) is 18.1 Å². The number of hydrogen-bond acceptors (Lipinski definition) is 4. The molecule has 0 saturated heterocycles. The molecule has 11 heavy (non-hydrogen) atoms. The number of rotatable bonds is 1. The Kier molecular flexibility index (Phi) is 1.62. The van der Waals surface area contributed by atoms with Crippen molar-refractivity contribution in [2.75, 3.05) is 5.75 Å². The summed E-state index contributed by atoms with van der Waals surface area (Å²) in [4.78, 5) is 10.3. The average Bonchev–Trinajstić information content (AvgIpc) is 2.50. The van der Waals surface area contributed by atoms with Crippen molar-refractivity contribution >= 4 is 18.0 Å². The molecular weight excluding hydrogens is 160 g/mol. The molecule has 0 N–H and O–H groups in total. The summed E-state index contributed by atoms with van der Waals surface area (Å²) in [6, 6.07) is 1.81. The van der Waals surface area contributed by atoms with Gasteiger partial charge in [0.15, 0.2) is 6.29 Å². The summed E-state index contributed by atoms with van der Waals surface area (Å²) in [5, 5.41) is 8.62. The van der Waals surface area contributed by atoms with Crippen LogP contribution in [0.15, 0.2) is 11.1 Å². The Morgan fingerprint density at radius 1 is 1.55 bits per heavy atom. The normalized spacial score (nSPS) is 14.5. The molecular formula is C7H6N2OS. The van der Waals surface area contributed by atoms with Gasteiger partial charge in [-0.15, -0.1) is 22.0 Å². The predicted molar refractivity (Wildman–Crippen MR) is 41.8 cm³/mol. The summed E-state index contributed by atoms with van der Waals surface area (Å²) in [7, 11) is 0. The molecule has 0 radical (unpaired) electrons. The summed E-state index contributed by atoms with van der Waals surface area (Å²) < 4.78 is 0. The highest BCUT2D eigenvalue weighted by Gasteiger charge is 2.13. The highest BCUT2D eigenvalue weighted by molar-refractivity contribution is 7.99. The van der Waals surface area contributed by atoms with Crippen LogP contribution in [-0.4, -0.2) is 22.2 Å². The van der Waals surface area contributed by atoms with Gasteiger partial charge in [-0.1, -0.05) is 0 Å².